The van der Waals surface area contributed by atoms with E-state index in [0.29, 0.717) is 19.0 Å². The molecule has 2 aromatic carbocycles. The standard InChI is InChI=1S/C21H28N2O2/c1-5-18-8-6-7-9-20(18)22-21(24)23(14-16(2)3)15-17-10-12-19(25-4)13-11-17/h6-13,16H,5,14-15H2,1-4H3,(H,22,24). The van der Waals surface area contributed by atoms with Crippen LogP contribution in [0.15, 0.2) is 48.5 Å². The molecule has 0 aliphatic carbocycles. The van der Waals surface area contributed by atoms with Gasteiger partial charge in [-0.05, 0) is 41.7 Å². The van der Waals surface area contributed by atoms with Crippen LogP contribution in [0.5, 0.6) is 5.75 Å². The van der Waals surface area contributed by atoms with Gasteiger partial charge in [0.05, 0.1) is 7.11 Å². The Morgan fingerprint density at radius 3 is 2.40 bits per heavy atom. The highest BCUT2D eigenvalue weighted by molar-refractivity contribution is 5.90. The third kappa shape index (κ3) is 5.52. The lowest BCUT2D eigenvalue weighted by Gasteiger charge is -2.25. The van der Waals surface area contributed by atoms with E-state index in [1.807, 2.05) is 53.4 Å². The molecule has 4 heteroatoms. The van der Waals surface area contributed by atoms with Crippen LogP contribution in [-0.4, -0.2) is 24.6 Å². The third-order valence-corrected chi connectivity index (χ3v) is 4.05. The normalized spacial score (nSPS) is 10.6. The molecule has 0 fully saturated rings. The number of amides is 2. The Morgan fingerprint density at radius 1 is 1.12 bits per heavy atom. The van der Waals surface area contributed by atoms with Gasteiger partial charge in [-0.2, -0.15) is 0 Å². The number of hydrogen-bond acceptors (Lipinski definition) is 2. The van der Waals surface area contributed by atoms with E-state index in [4.69, 9.17) is 4.74 Å². The highest BCUT2D eigenvalue weighted by Gasteiger charge is 2.16. The van der Waals surface area contributed by atoms with Gasteiger partial charge < -0.3 is 15.0 Å². The van der Waals surface area contributed by atoms with Gasteiger partial charge in [-0.1, -0.05) is 51.1 Å². The smallest absolute Gasteiger partial charge is 0.322 e. The van der Waals surface area contributed by atoms with E-state index in [1.54, 1.807) is 7.11 Å². The maximum Gasteiger partial charge on any atom is 0.322 e. The van der Waals surface area contributed by atoms with Crippen LogP contribution in [0.3, 0.4) is 0 Å². The van der Waals surface area contributed by atoms with Crippen molar-refractivity contribution < 1.29 is 9.53 Å². The second-order valence-electron chi connectivity index (χ2n) is 6.56. The molecule has 0 saturated carbocycles. The zero-order chi connectivity index (χ0) is 18.2. The molecule has 0 bridgehead atoms. The van der Waals surface area contributed by atoms with E-state index < -0.39 is 0 Å². The number of urea groups is 1. The molecule has 0 aliphatic heterocycles. The van der Waals surface area contributed by atoms with Crippen LogP contribution >= 0.6 is 0 Å². The third-order valence-electron chi connectivity index (χ3n) is 4.05. The molecule has 2 amide bonds. The molecule has 134 valence electrons. The molecule has 0 saturated heterocycles. The first-order valence-electron chi connectivity index (χ1n) is 8.80. The molecule has 0 aromatic heterocycles. The van der Waals surface area contributed by atoms with E-state index in [-0.39, 0.29) is 6.03 Å². The molecule has 0 unspecified atom stereocenters. The van der Waals surface area contributed by atoms with E-state index in [0.717, 1.165) is 29.0 Å². The Balaban J connectivity index is 2.13. The summed E-state index contributed by atoms with van der Waals surface area (Å²) in [6, 6.07) is 15.7. The van der Waals surface area contributed by atoms with Crippen LogP contribution in [0, 0.1) is 5.92 Å². The number of anilines is 1. The lowest BCUT2D eigenvalue weighted by Crippen LogP contribution is -2.37. The number of nitrogens with one attached hydrogen (secondary N) is 1. The molecule has 25 heavy (non-hydrogen) atoms. The van der Waals surface area contributed by atoms with E-state index in [2.05, 4.69) is 26.1 Å². The van der Waals surface area contributed by atoms with Gasteiger partial charge in [-0.15, -0.1) is 0 Å². The summed E-state index contributed by atoms with van der Waals surface area (Å²) in [5.74, 6) is 1.21. The summed E-state index contributed by atoms with van der Waals surface area (Å²) < 4.78 is 5.20. The monoisotopic (exact) mass is 340 g/mol. The first-order valence-corrected chi connectivity index (χ1v) is 8.80. The number of ether oxygens (including phenoxy) is 1. The first-order chi connectivity index (χ1) is 12.0. The van der Waals surface area contributed by atoms with Crippen molar-refractivity contribution in [1.82, 2.24) is 4.90 Å². The Bertz CT molecular complexity index is 681. The average molecular weight is 340 g/mol. The van der Waals surface area contributed by atoms with Gasteiger partial charge in [0.15, 0.2) is 0 Å². The Kier molecular flexibility index (Phi) is 6.87. The fourth-order valence-electron chi connectivity index (χ4n) is 2.76. The minimum Gasteiger partial charge on any atom is -0.497 e. The number of hydrogen-bond donors (Lipinski definition) is 1. The number of rotatable bonds is 7. The van der Waals surface area contributed by atoms with Crippen molar-refractivity contribution in [2.75, 3.05) is 19.0 Å². The lowest BCUT2D eigenvalue weighted by molar-refractivity contribution is 0.201. The summed E-state index contributed by atoms with van der Waals surface area (Å²) in [6.45, 7) is 7.60. The Hall–Kier alpha value is -2.49. The second-order valence-corrected chi connectivity index (χ2v) is 6.56. The topological polar surface area (TPSA) is 41.6 Å². The molecular formula is C21H28N2O2. The van der Waals surface area contributed by atoms with Crippen LogP contribution in [-0.2, 0) is 13.0 Å². The summed E-state index contributed by atoms with van der Waals surface area (Å²) >= 11 is 0. The Labute approximate surface area is 150 Å². The van der Waals surface area contributed by atoms with Crippen LogP contribution in [0.1, 0.15) is 31.9 Å². The molecule has 4 nitrogen and oxygen atoms in total. The van der Waals surface area contributed by atoms with E-state index in [9.17, 15) is 4.79 Å². The van der Waals surface area contributed by atoms with E-state index in [1.165, 1.54) is 0 Å². The average Bonchev–Trinajstić information content (AvgIpc) is 2.62. The zero-order valence-electron chi connectivity index (χ0n) is 15.6. The van der Waals surface area contributed by atoms with E-state index >= 15 is 0 Å². The number of aryl methyl sites for hydroxylation is 1. The first kappa shape index (κ1) is 18.8. The maximum atomic E-state index is 12.8. The lowest BCUT2D eigenvalue weighted by atomic mass is 10.1. The molecule has 0 atom stereocenters. The van der Waals surface area contributed by atoms with Gasteiger partial charge in [0.25, 0.3) is 0 Å². The van der Waals surface area contributed by atoms with Crippen molar-refractivity contribution in [3.05, 3.63) is 59.7 Å². The fourth-order valence-corrected chi connectivity index (χ4v) is 2.76. The molecular weight excluding hydrogens is 312 g/mol. The zero-order valence-corrected chi connectivity index (χ0v) is 15.6. The number of nitrogens with zero attached hydrogens (tertiary/aromatic N) is 1. The van der Waals surface area contributed by atoms with Gasteiger partial charge in [0.2, 0.25) is 0 Å². The van der Waals surface area contributed by atoms with Crippen LogP contribution in [0.2, 0.25) is 0 Å². The number of benzene rings is 2. The largest absolute Gasteiger partial charge is 0.497 e. The summed E-state index contributed by atoms with van der Waals surface area (Å²) in [7, 11) is 1.65. The van der Waals surface area contributed by atoms with Crippen molar-refractivity contribution >= 4 is 11.7 Å². The number of carbonyl (C=O) groups excluding carboxylic acids is 1. The molecule has 0 heterocycles. The fraction of sp³-hybridized carbons (Fsp3) is 0.381. The molecule has 2 rings (SSSR count). The summed E-state index contributed by atoms with van der Waals surface area (Å²) in [5, 5.41) is 3.07. The number of para-hydroxylation sites is 1. The minimum absolute atomic E-state index is 0.0644. The van der Waals surface area contributed by atoms with Crippen molar-refractivity contribution in [2.24, 2.45) is 5.92 Å². The summed E-state index contributed by atoms with van der Waals surface area (Å²) in [4.78, 5) is 14.7. The molecule has 0 spiro atoms. The maximum absolute atomic E-state index is 12.8. The number of methoxy groups -OCH3 is 1. The minimum atomic E-state index is -0.0644. The summed E-state index contributed by atoms with van der Waals surface area (Å²) in [6.07, 6.45) is 0.888. The van der Waals surface area contributed by atoms with Gasteiger partial charge in [-0.3, -0.25) is 0 Å². The molecule has 0 aliphatic rings. The molecule has 0 radical (unpaired) electrons. The summed E-state index contributed by atoms with van der Waals surface area (Å²) in [5.41, 5.74) is 3.11. The Morgan fingerprint density at radius 2 is 1.80 bits per heavy atom. The predicted molar refractivity (Wildman–Crippen MR) is 103 cm³/mol. The van der Waals surface area contributed by atoms with Crippen LogP contribution in [0.25, 0.3) is 0 Å². The van der Waals surface area contributed by atoms with Gasteiger partial charge in [0, 0.05) is 18.8 Å². The number of carbonyl (C=O) groups is 1. The highest BCUT2D eigenvalue weighted by atomic mass is 16.5. The van der Waals surface area contributed by atoms with Crippen LogP contribution < -0.4 is 10.1 Å². The van der Waals surface area contributed by atoms with Crippen molar-refractivity contribution in [2.45, 2.75) is 33.7 Å². The second kappa shape index (κ2) is 9.11. The van der Waals surface area contributed by atoms with Crippen molar-refractivity contribution in [1.29, 1.82) is 0 Å². The molecule has 2 aromatic rings. The predicted octanol–water partition coefficient (Wildman–Crippen LogP) is 4.95. The van der Waals surface area contributed by atoms with Gasteiger partial charge >= 0.3 is 6.03 Å². The quantitative estimate of drug-likeness (QED) is 0.775. The SMILES string of the molecule is CCc1ccccc1NC(=O)N(Cc1ccc(OC)cc1)CC(C)C. The van der Waals surface area contributed by atoms with Crippen LogP contribution in [0.4, 0.5) is 10.5 Å². The molecule has 1 N–H and O–H groups in total. The van der Waals surface area contributed by atoms with Crippen molar-refractivity contribution in [3.8, 4) is 5.75 Å². The van der Waals surface area contributed by atoms with Gasteiger partial charge in [0.1, 0.15) is 5.75 Å². The van der Waals surface area contributed by atoms with Crippen molar-refractivity contribution in [3.63, 3.8) is 0 Å². The highest BCUT2D eigenvalue weighted by Crippen LogP contribution is 2.18. The van der Waals surface area contributed by atoms with Gasteiger partial charge in [-0.25, -0.2) is 4.79 Å².